The van der Waals surface area contributed by atoms with E-state index in [-0.39, 0.29) is 5.56 Å². The van der Waals surface area contributed by atoms with Crippen molar-refractivity contribution in [2.45, 2.75) is 26.4 Å². The summed E-state index contributed by atoms with van der Waals surface area (Å²) in [5.74, 6) is 0.715. The second-order valence-corrected chi connectivity index (χ2v) is 7.49. The fourth-order valence-electron chi connectivity index (χ4n) is 3.65. The molecule has 1 saturated heterocycles. The lowest BCUT2D eigenvalue weighted by Gasteiger charge is -2.28. The first-order chi connectivity index (χ1) is 13.8. The lowest BCUT2D eigenvalue weighted by Crippen LogP contribution is -2.36. The van der Waals surface area contributed by atoms with Gasteiger partial charge < -0.3 is 9.64 Å². The predicted octanol–water partition coefficient (Wildman–Crippen LogP) is 4.45. The van der Waals surface area contributed by atoms with E-state index in [9.17, 15) is 13.2 Å². The van der Waals surface area contributed by atoms with Crippen molar-refractivity contribution in [1.29, 1.82) is 0 Å². The smallest absolute Gasteiger partial charge is 0.378 e. The third kappa shape index (κ3) is 3.79. The number of halogens is 4. The summed E-state index contributed by atoms with van der Waals surface area (Å²) in [5, 5.41) is 4.86. The Kier molecular flexibility index (Phi) is 5.16. The molecule has 154 valence electrons. The quantitative estimate of drug-likeness (QED) is 0.583. The van der Waals surface area contributed by atoms with Gasteiger partial charge in [-0.1, -0.05) is 23.7 Å². The van der Waals surface area contributed by atoms with Crippen LogP contribution in [0.3, 0.4) is 0 Å². The van der Waals surface area contributed by atoms with Crippen LogP contribution in [-0.4, -0.2) is 40.9 Å². The van der Waals surface area contributed by atoms with Crippen molar-refractivity contribution < 1.29 is 17.9 Å². The van der Waals surface area contributed by atoms with E-state index in [0.29, 0.717) is 60.6 Å². The van der Waals surface area contributed by atoms with Crippen molar-refractivity contribution >= 4 is 23.1 Å². The van der Waals surface area contributed by atoms with Gasteiger partial charge in [0.05, 0.1) is 24.5 Å². The fourth-order valence-corrected chi connectivity index (χ4v) is 3.87. The normalized spacial score (nSPS) is 15.3. The molecule has 0 bridgehead atoms. The van der Waals surface area contributed by atoms with Crippen LogP contribution >= 0.6 is 11.6 Å². The SMILES string of the molecule is Cc1nn2c(Cl)cc(N3CCOCC3)nc2c1Cc1cccc(C(F)(F)F)c1C. The number of aromatic nitrogens is 3. The number of hydrogen-bond acceptors (Lipinski definition) is 4. The summed E-state index contributed by atoms with van der Waals surface area (Å²) in [6.07, 6.45) is -4.09. The van der Waals surface area contributed by atoms with E-state index in [4.69, 9.17) is 21.3 Å². The summed E-state index contributed by atoms with van der Waals surface area (Å²) in [4.78, 5) is 6.82. The number of hydrogen-bond donors (Lipinski definition) is 0. The van der Waals surface area contributed by atoms with E-state index in [1.54, 1.807) is 16.6 Å². The van der Waals surface area contributed by atoms with Crippen LogP contribution in [0.5, 0.6) is 0 Å². The molecular weight excluding hydrogens is 405 g/mol. The van der Waals surface area contributed by atoms with E-state index >= 15 is 0 Å². The van der Waals surface area contributed by atoms with Gasteiger partial charge in [-0.2, -0.15) is 18.3 Å². The molecule has 0 amide bonds. The van der Waals surface area contributed by atoms with Crippen molar-refractivity contribution in [3.63, 3.8) is 0 Å². The Balaban J connectivity index is 1.78. The Labute approximate surface area is 171 Å². The number of morpholine rings is 1. The highest BCUT2D eigenvalue weighted by Gasteiger charge is 2.33. The van der Waals surface area contributed by atoms with E-state index < -0.39 is 11.7 Å². The number of rotatable bonds is 3. The van der Waals surface area contributed by atoms with Gasteiger partial charge in [0.1, 0.15) is 11.0 Å². The molecule has 5 nitrogen and oxygen atoms in total. The molecule has 0 N–H and O–H groups in total. The molecule has 4 rings (SSSR count). The number of aryl methyl sites for hydroxylation is 1. The first kappa shape index (κ1) is 20.0. The van der Waals surface area contributed by atoms with E-state index in [2.05, 4.69) is 10.00 Å². The summed E-state index contributed by atoms with van der Waals surface area (Å²) in [6.45, 7) is 5.94. The topological polar surface area (TPSA) is 42.7 Å². The molecule has 1 aliphatic rings. The highest BCUT2D eigenvalue weighted by Crippen LogP contribution is 2.34. The second-order valence-electron chi connectivity index (χ2n) is 7.10. The molecular formula is C20H20ClF3N4O. The zero-order valence-electron chi connectivity index (χ0n) is 16.1. The van der Waals surface area contributed by atoms with E-state index in [1.165, 1.54) is 13.0 Å². The number of nitrogens with zero attached hydrogens (tertiary/aromatic N) is 4. The summed E-state index contributed by atoms with van der Waals surface area (Å²) >= 11 is 6.44. The van der Waals surface area contributed by atoms with Gasteiger partial charge >= 0.3 is 6.18 Å². The Morgan fingerprint density at radius 1 is 1.17 bits per heavy atom. The van der Waals surface area contributed by atoms with Crippen LogP contribution in [0.25, 0.3) is 5.65 Å². The molecule has 3 heterocycles. The number of alkyl halides is 3. The number of benzene rings is 1. The van der Waals surface area contributed by atoms with Gasteiger partial charge in [-0.15, -0.1) is 0 Å². The molecule has 1 fully saturated rings. The molecule has 0 aliphatic carbocycles. The molecule has 1 aliphatic heterocycles. The monoisotopic (exact) mass is 424 g/mol. The Hall–Kier alpha value is -2.32. The zero-order valence-corrected chi connectivity index (χ0v) is 16.8. The minimum Gasteiger partial charge on any atom is -0.378 e. The lowest BCUT2D eigenvalue weighted by atomic mass is 9.96. The average Bonchev–Trinajstić information content (AvgIpc) is 2.99. The highest BCUT2D eigenvalue weighted by atomic mass is 35.5. The number of fused-ring (bicyclic) bond motifs is 1. The summed E-state index contributed by atoms with van der Waals surface area (Å²) in [7, 11) is 0. The summed E-state index contributed by atoms with van der Waals surface area (Å²) in [5.41, 5.74) is 2.21. The first-order valence-corrected chi connectivity index (χ1v) is 9.66. The molecule has 29 heavy (non-hydrogen) atoms. The van der Waals surface area contributed by atoms with Crippen LogP contribution in [-0.2, 0) is 17.3 Å². The molecule has 0 atom stereocenters. The van der Waals surface area contributed by atoms with Gasteiger partial charge in [0, 0.05) is 31.1 Å². The van der Waals surface area contributed by atoms with Gasteiger partial charge in [-0.3, -0.25) is 0 Å². The van der Waals surface area contributed by atoms with Gasteiger partial charge in [0.25, 0.3) is 0 Å². The number of ether oxygens (including phenoxy) is 1. The second kappa shape index (κ2) is 7.50. The zero-order chi connectivity index (χ0) is 20.8. The van der Waals surface area contributed by atoms with Crippen LogP contribution in [0, 0.1) is 13.8 Å². The lowest BCUT2D eigenvalue weighted by molar-refractivity contribution is -0.138. The van der Waals surface area contributed by atoms with Gasteiger partial charge in [-0.05, 0) is 31.0 Å². The van der Waals surface area contributed by atoms with E-state index in [1.807, 2.05) is 6.92 Å². The maximum Gasteiger partial charge on any atom is 0.416 e. The molecule has 0 saturated carbocycles. The minimum absolute atomic E-state index is 0.217. The van der Waals surface area contributed by atoms with Crippen LogP contribution in [0.2, 0.25) is 5.15 Å². The standard InChI is InChI=1S/C20H20ClF3N4O/c1-12-14(4-3-5-16(12)20(22,23)24)10-15-13(2)26-28-17(21)11-18(25-19(15)28)27-6-8-29-9-7-27/h3-5,11H,6-10H2,1-2H3. The maximum atomic E-state index is 13.3. The number of anilines is 1. The highest BCUT2D eigenvalue weighted by molar-refractivity contribution is 6.30. The van der Waals surface area contributed by atoms with Crippen LogP contribution in [0.1, 0.15) is 27.9 Å². The molecule has 3 aromatic rings. The van der Waals surface area contributed by atoms with Crippen molar-refractivity contribution in [3.05, 3.63) is 57.4 Å². The fraction of sp³-hybridized carbons (Fsp3) is 0.400. The van der Waals surface area contributed by atoms with Crippen LogP contribution in [0.4, 0.5) is 19.0 Å². The van der Waals surface area contributed by atoms with Gasteiger partial charge in [-0.25, -0.2) is 9.50 Å². The Bertz CT molecular complexity index is 1060. The van der Waals surface area contributed by atoms with Crippen LogP contribution < -0.4 is 4.90 Å². The third-order valence-electron chi connectivity index (χ3n) is 5.28. The van der Waals surface area contributed by atoms with E-state index in [0.717, 1.165) is 11.6 Å². The summed E-state index contributed by atoms with van der Waals surface area (Å²) < 4.78 is 46.8. The molecule has 0 unspecified atom stereocenters. The molecule has 1 aromatic carbocycles. The Morgan fingerprint density at radius 2 is 1.90 bits per heavy atom. The van der Waals surface area contributed by atoms with Gasteiger partial charge in [0.2, 0.25) is 0 Å². The van der Waals surface area contributed by atoms with Crippen molar-refractivity contribution in [3.8, 4) is 0 Å². The van der Waals surface area contributed by atoms with Crippen LogP contribution in [0.15, 0.2) is 24.3 Å². The minimum atomic E-state index is -4.39. The maximum absolute atomic E-state index is 13.3. The molecule has 0 radical (unpaired) electrons. The largest absolute Gasteiger partial charge is 0.416 e. The summed E-state index contributed by atoms with van der Waals surface area (Å²) in [6, 6.07) is 6.01. The third-order valence-corrected chi connectivity index (χ3v) is 5.55. The first-order valence-electron chi connectivity index (χ1n) is 9.29. The average molecular weight is 425 g/mol. The molecule has 9 heteroatoms. The van der Waals surface area contributed by atoms with Crippen molar-refractivity contribution in [1.82, 2.24) is 14.6 Å². The van der Waals surface area contributed by atoms with Crippen molar-refractivity contribution in [2.75, 3.05) is 31.2 Å². The van der Waals surface area contributed by atoms with Crippen molar-refractivity contribution in [2.24, 2.45) is 0 Å². The predicted molar refractivity (Wildman–Crippen MR) is 105 cm³/mol. The molecule has 0 spiro atoms. The molecule has 2 aromatic heterocycles. The van der Waals surface area contributed by atoms with Gasteiger partial charge in [0.15, 0.2) is 5.65 Å². The Morgan fingerprint density at radius 3 is 2.59 bits per heavy atom.